The van der Waals surface area contributed by atoms with Crippen LogP contribution in [-0.4, -0.2) is 0 Å². The van der Waals surface area contributed by atoms with Crippen LogP contribution in [0.25, 0.3) is 33.5 Å². The number of benzene rings is 4. The third-order valence-electron chi connectivity index (χ3n) is 5.61. The third kappa shape index (κ3) is 3.65. The molecule has 2 heterocycles. The summed E-state index contributed by atoms with van der Waals surface area (Å²) in [5.41, 5.74) is 4.98. The van der Waals surface area contributed by atoms with E-state index in [2.05, 4.69) is 23.7 Å². The van der Waals surface area contributed by atoms with Gasteiger partial charge in [0.15, 0.2) is 11.5 Å². The minimum Gasteiger partial charge on any atom is -0.451 e. The van der Waals surface area contributed by atoms with E-state index in [1.807, 2.05) is 109 Å². The summed E-state index contributed by atoms with van der Waals surface area (Å²) >= 11 is 0. The second kappa shape index (κ2) is 8.55. The highest BCUT2D eigenvalue weighted by Gasteiger charge is 2.22. The van der Waals surface area contributed by atoms with Crippen molar-refractivity contribution in [2.75, 3.05) is 0 Å². The Bertz CT molecular complexity index is 1610. The number of hydrogen-bond donors (Lipinski definition) is 0. The quantitative estimate of drug-likeness (QED) is 0.249. The van der Waals surface area contributed by atoms with Crippen LogP contribution in [0.1, 0.15) is 22.3 Å². The van der Waals surface area contributed by atoms with Gasteiger partial charge in [0.2, 0.25) is 0 Å². The highest BCUT2D eigenvalue weighted by Crippen LogP contribution is 2.39. The van der Waals surface area contributed by atoms with Crippen LogP contribution in [0.2, 0.25) is 0 Å². The molecule has 0 fully saturated rings. The molecule has 0 unspecified atom stereocenters. The lowest BCUT2D eigenvalue weighted by atomic mass is 10.0. The maximum Gasteiger partial charge on any atom is 0.187 e. The number of rotatable bonds is 1. The molecule has 0 bridgehead atoms. The van der Waals surface area contributed by atoms with Gasteiger partial charge in [0.25, 0.3) is 0 Å². The Morgan fingerprint density at radius 3 is 1.21 bits per heavy atom. The first-order valence-electron chi connectivity index (χ1n) is 11.0. The van der Waals surface area contributed by atoms with Crippen LogP contribution >= 0.6 is 0 Å². The molecule has 158 valence electrons. The maximum absolute atomic E-state index is 6.33. The molecule has 0 radical (unpaired) electrons. The Labute approximate surface area is 197 Å². The second-order valence-electron chi connectivity index (χ2n) is 7.84. The zero-order chi connectivity index (χ0) is 22.7. The van der Waals surface area contributed by atoms with Crippen LogP contribution in [0.4, 0.5) is 0 Å². The first-order chi connectivity index (χ1) is 16.9. The van der Waals surface area contributed by atoms with Gasteiger partial charge in [-0.2, -0.15) is 0 Å². The van der Waals surface area contributed by atoms with E-state index in [4.69, 9.17) is 8.83 Å². The van der Waals surface area contributed by atoms with Crippen LogP contribution < -0.4 is 0 Å². The van der Waals surface area contributed by atoms with Crippen molar-refractivity contribution in [2.24, 2.45) is 0 Å². The van der Waals surface area contributed by atoms with Crippen LogP contribution in [0.5, 0.6) is 0 Å². The van der Waals surface area contributed by atoms with Crippen molar-refractivity contribution in [2.45, 2.75) is 0 Å². The van der Waals surface area contributed by atoms with Crippen LogP contribution in [-0.2, 0) is 0 Å². The van der Waals surface area contributed by atoms with Gasteiger partial charge in [0, 0.05) is 21.9 Å². The van der Waals surface area contributed by atoms with Crippen molar-refractivity contribution in [1.29, 1.82) is 0 Å². The summed E-state index contributed by atoms with van der Waals surface area (Å²) in [5.74, 6) is 14.4. The molecule has 0 amide bonds. The van der Waals surface area contributed by atoms with Crippen molar-refractivity contribution < 1.29 is 8.83 Å². The van der Waals surface area contributed by atoms with Gasteiger partial charge < -0.3 is 8.83 Å². The van der Waals surface area contributed by atoms with Crippen LogP contribution in [0.3, 0.4) is 0 Å². The Morgan fingerprint density at radius 1 is 0.382 bits per heavy atom. The lowest BCUT2D eigenvalue weighted by Gasteiger charge is -1.96. The predicted octanol–water partition coefficient (Wildman–Crippen LogP) is 7.65. The molecule has 6 aromatic rings. The van der Waals surface area contributed by atoms with Gasteiger partial charge >= 0.3 is 0 Å². The lowest BCUT2D eigenvalue weighted by Crippen LogP contribution is -1.82. The Morgan fingerprint density at radius 2 is 0.765 bits per heavy atom. The summed E-state index contributed by atoms with van der Waals surface area (Å²) in [6.45, 7) is 0. The van der Waals surface area contributed by atoms with Crippen molar-refractivity contribution >= 4 is 21.9 Å². The minimum absolute atomic E-state index is 0.596. The fraction of sp³-hybridized carbons (Fsp3) is 0. The molecule has 4 aromatic carbocycles. The molecule has 2 aromatic heterocycles. The number of para-hydroxylation sites is 2. The van der Waals surface area contributed by atoms with Crippen molar-refractivity contribution in [3.05, 3.63) is 131 Å². The SMILES string of the molecule is C(#Cc1c(-c2oc3ccccc3c2C#Cc2ccccc2)oc2ccccc12)c1ccccc1. The molecule has 0 aliphatic rings. The molecular formula is C32H18O2. The van der Waals surface area contributed by atoms with Crippen LogP contribution in [0, 0.1) is 23.7 Å². The van der Waals surface area contributed by atoms with Gasteiger partial charge in [0.1, 0.15) is 11.2 Å². The largest absolute Gasteiger partial charge is 0.451 e. The smallest absolute Gasteiger partial charge is 0.187 e. The van der Waals surface area contributed by atoms with Gasteiger partial charge in [-0.3, -0.25) is 0 Å². The molecule has 0 aliphatic heterocycles. The molecule has 0 saturated carbocycles. The molecule has 2 heteroatoms. The van der Waals surface area contributed by atoms with Crippen molar-refractivity contribution in [1.82, 2.24) is 0 Å². The maximum atomic E-state index is 6.33. The van der Waals surface area contributed by atoms with Gasteiger partial charge in [-0.25, -0.2) is 0 Å². The van der Waals surface area contributed by atoms with E-state index >= 15 is 0 Å². The van der Waals surface area contributed by atoms with E-state index in [0.717, 1.165) is 44.2 Å². The van der Waals surface area contributed by atoms with Crippen LogP contribution in [0.15, 0.2) is 118 Å². The Balaban J connectivity index is 1.60. The molecule has 0 N–H and O–H groups in total. The third-order valence-corrected chi connectivity index (χ3v) is 5.61. The fourth-order valence-electron chi connectivity index (χ4n) is 3.97. The van der Waals surface area contributed by atoms with E-state index < -0.39 is 0 Å². The lowest BCUT2D eigenvalue weighted by molar-refractivity contribution is 0.568. The van der Waals surface area contributed by atoms with Gasteiger partial charge in [-0.15, -0.1) is 0 Å². The van der Waals surface area contributed by atoms with E-state index in [1.165, 1.54) is 0 Å². The highest BCUT2D eigenvalue weighted by molar-refractivity contribution is 5.96. The molecular weight excluding hydrogens is 416 g/mol. The fourth-order valence-corrected chi connectivity index (χ4v) is 3.97. The molecule has 0 aliphatic carbocycles. The minimum atomic E-state index is 0.596. The summed E-state index contributed by atoms with van der Waals surface area (Å²) < 4.78 is 12.7. The standard InChI is InChI=1S/C32H18O2/c1-3-11-23(12-4-1)19-21-27-25-15-7-9-17-29(25)33-31(27)32-28(22-20-24-13-5-2-6-14-24)26-16-8-10-18-30(26)34-32/h1-18H. The van der Waals surface area contributed by atoms with E-state index in [-0.39, 0.29) is 0 Å². The molecule has 0 saturated heterocycles. The van der Waals surface area contributed by atoms with E-state index in [1.54, 1.807) is 0 Å². The van der Waals surface area contributed by atoms with Gasteiger partial charge in [-0.05, 0) is 48.5 Å². The number of furan rings is 2. The molecule has 6 rings (SSSR count). The van der Waals surface area contributed by atoms with Crippen molar-refractivity contribution in [3.63, 3.8) is 0 Å². The van der Waals surface area contributed by atoms with E-state index in [0.29, 0.717) is 11.5 Å². The number of fused-ring (bicyclic) bond motifs is 2. The zero-order valence-electron chi connectivity index (χ0n) is 18.2. The average molecular weight is 434 g/mol. The highest BCUT2D eigenvalue weighted by atomic mass is 16.4. The Hall–Kier alpha value is -4.92. The molecule has 34 heavy (non-hydrogen) atoms. The van der Waals surface area contributed by atoms with Crippen molar-refractivity contribution in [3.8, 4) is 35.2 Å². The first-order valence-corrected chi connectivity index (χ1v) is 11.0. The summed E-state index contributed by atoms with van der Waals surface area (Å²) in [7, 11) is 0. The molecule has 2 nitrogen and oxygen atoms in total. The summed E-state index contributed by atoms with van der Waals surface area (Å²) in [6.07, 6.45) is 0. The normalized spacial score (nSPS) is 10.5. The molecule has 0 atom stereocenters. The van der Waals surface area contributed by atoms with Gasteiger partial charge in [0.05, 0.1) is 11.1 Å². The Kier molecular flexibility index (Phi) is 4.96. The van der Waals surface area contributed by atoms with Gasteiger partial charge in [-0.1, -0.05) is 84.3 Å². The average Bonchev–Trinajstić information content (AvgIpc) is 3.45. The summed E-state index contributed by atoms with van der Waals surface area (Å²) in [5, 5.41) is 1.90. The van der Waals surface area contributed by atoms with E-state index in [9.17, 15) is 0 Å². The zero-order valence-corrected chi connectivity index (χ0v) is 18.2. The predicted molar refractivity (Wildman–Crippen MR) is 136 cm³/mol. The number of hydrogen-bond acceptors (Lipinski definition) is 2. The second-order valence-corrected chi connectivity index (χ2v) is 7.84. The summed E-state index contributed by atoms with van der Waals surface area (Å²) in [6, 6.07) is 35.7. The molecule has 0 spiro atoms. The topological polar surface area (TPSA) is 26.3 Å². The summed E-state index contributed by atoms with van der Waals surface area (Å²) in [4.78, 5) is 0. The monoisotopic (exact) mass is 434 g/mol. The first kappa shape index (κ1) is 19.7.